The molecule has 2 aromatic heterocycles. The first kappa shape index (κ1) is 12.8. The van der Waals surface area contributed by atoms with Crippen LogP contribution < -0.4 is 5.32 Å². The van der Waals surface area contributed by atoms with E-state index in [1.807, 2.05) is 26.2 Å². The second kappa shape index (κ2) is 5.35. The highest BCUT2D eigenvalue weighted by Crippen LogP contribution is 2.13. The van der Waals surface area contributed by atoms with Gasteiger partial charge in [-0.3, -0.25) is 9.78 Å². The van der Waals surface area contributed by atoms with Gasteiger partial charge >= 0.3 is 0 Å². The van der Waals surface area contributed by atoms with E-state index < -0.39 is 0 Å². The lowest BCUT2D eigenvalue weighted by Crippen LogP contribution is -2.25. The number of halogens is 1. The Morgan fingerprint density at radius 3 is 2.94 bits per heavy atom. The summed E-state index contributed by atoms with van der Waals surface area (Å²) in [4.78, 5) is 16.0. The molecule has 0 fully saturated rings. The molecule has 0 radical (unpaired) electrons. The van der Waals surface area contributed by atoms with Gasteiger partial charge in [-0.25, -0.2) is 0 Å². The van der Waals surface area contributed by atoms with E-state index in [9.17, 15) is 4.79 Å². The molecule has 18 heavy (non-hydrogen) atoms. The number of amides is 1. The fourth-order valence-corrected chi connectivity index (χ4v) is 2.22. The number of hydrogen-bond donors (Lipinski definition) is 1. The van der Waals surface area contributed by atoms with Crippen LogP contribution in [0.4, 0.5) is 0 Å². The van der Waals surface area contributed by atoms with E-state index >= 15 is 0 Å². The van der Waals surface area contributed by atoms with Crippen LogP contribution in [0.5, 0.6) is 0 Å². The number of aryl methyl sites for hydroxylation is 2. The predicted molar refractivity (Wildman–Crippen MR) is 73.3 cm³/mol. The van der Waals surface area contributed by atoms with Crippen LogP contribution in [0.2, 0.25) is 0 Å². The number of hydrogen-bond acceptors (Lipinski definition) is 2. The Kier molecular flexibility index (Phi) is 3.81. The Labute approximate surface area is 114 Å². The van der Waals surface area contributed by atoms with Crippen LogP contribution in [0.3, 0.4) is 0 Å². The minimum atomic E-state index is -0.0912. The summed E-state index contributed by atoms with van der Waals surface area (Å²) in [5.74, 6) is -0.0912. The van der Waals surface area contributed by atoms with E-state index in [-0.39, 0.29) is 5.91 Å². The molecule has 0 aromatic carbocycles. The van der Waals surface area contributed by atoms with Gasteiger partial charge in [-0.2, -0.15) is 0 Å². The van der Waals surface area contributed by atoms with Crippen LogP contribution >= 0.6 is 15.9 Å². The molecular formula is C13H14BrN3O. The van der Waals surface area contributed by atoms with Gasteiger partial charge in [0, 0.05) is 36.7 Å². The fraction of sp³-hybridized carbons (Fsp3) is 0.231. The molecular weight excluding hydrogens is 294 g/mol. The number of carbonyl (C=O) groups is 1. The van der Waals surface area contributed by atoms with Crippen LogP contribution in [0.25, 0.3) is 0 Å². The van der Waals surface area contributed by atoms with Gasteiger partial charge in [0.15, 0.2) is 0 Å². The number of carbonyl (C=O) groups excluding carboxylic acids is 1. The van der Waals surface area contributed by atoms with Gasteiger partial charge in [0.05, 0.1) is 0 Å². The number of pyridine rings is 1. The minimum absolute atomic E-state index is 0.0912. The summed E-state index contributed by atoms with van der Waals surface area (Å²) in [6.45, 7) is 2.49. The number of nitrogens with zero attached hydrogens (tertiary/aromatic N) is 2. The lowest BCUT2D eigenvalue weighted by Gasteiger charge is -2.07. The second-order valence-corrected chi connectivity index (χ2v) is 5.05. The van der Waals surface area contributed by atoms with Crippen molar-refractivity contribution >= 4 is 21.8 Å². The molecule has 4 nitrogen and oxygen atoms in total. The third kappa shape index (κ3) is 2.79. The van der Waals surface area contributed by atoms with Crippen LogP contribution in [-0.4, -0.2) is 15.5 Å². The van der Waals surface area contributed by atoms with E-state index in [1.165, 1.54) is 0 Å². The van der Waals surface area contributed by atoms with E-state index in [0.717, 1.165) is 15.6 Å². The molecule has 0 atom stereocenters. The fourth-order valence-electron chi connectivity index (χ4n) is 1.70. The van der Waals surface area contributed by atoms with Crippen molar-refractivity contribution in [1.29, 1.82) is 0 Å². The summed E-state index contributed by atoms with van der Waals surface area (Å²) in [5, 5.41) is 2.89. The number of rotatable bonds is 3. The zero-order valence-corrected chi connectivity index (χ0v) is 11.9. The maximum Gasteiger partial charge on any atom is 0.268 e. The molecule has 0 aliphatic rings. The summed E-state index contributed by atoms with van der Waals surface area (Å²) < 4.78 is 2.68. The number of nitrogens with one attached hydrogen (secondary N) is 1. The first-order chi connectivity index (χ1) is 8.58. The summed E-state index contributed by atoms with van der Waals surface area (Å²) in [6.07, 6.45) is 5.37. The monoisotopic (exact) mass is 307 g/mol. The molecule has 0 bridgehead atoms. The number of aromatic nitrogens is 2. The van der Waals surface area contributed by atoms with Crippen LogP contribution in [0.1, 0.15) is 21.6 Å². The van der Waals surface area contributed by atoms with Crippen molar-refractivity contribution in [2.45, 2.75) is 13.5 Å². The Hall–Kier alpha value is -1.62. The normalized spacial score (nSPS) is 10.4. The molecule has 0 saturated heterocycles. The lowest BCUT2D eigenvalue weighted by atomic mass is 10.1. The van der Waals surface area contributed by atoms with Crippen molar-refractivity contribution in [1.82, 2.24) is 14.9 Å². The van der Waals surface area contributed by atoms with Crippen LogP contribution in [0.15, 0.2) is 35.2 Å². The van der Waals surface area contributed by atoms with E-state index in [4.69, 9.17) is 0 Å². The molecule has 0 saturated carbocycles. The first-order valence-corrected chi connectivity index (χ1v) is 6.37. The SMILES string of the molecule is Cc1ccncc1CNC(=O)c1cc(Br)cn1C. The van der Waals surface area contributed by atoms with E-state index in [1.54, 1.807) is 23.0 Å². The Morgan fingerprint density at radius 1 is 1.56 bits per heavy atom. The highest BCUT2D eigenvalue weighted by Gasteiger charge is 2.10. The summed E-state index contributed by atoms with van der Waals surface area (Å²) >= 11 is 3.35. The van der Waals surface area contributed by atoms with Crippen LogP contribution in [-0.2, 0) is 13.6 Å². The average Bonchev–Trinajstić information content (AvgIpc) is 2.67. The minimum Gasteiger partial charge on any atom is -0.347 e. The van der Waals surface area contributed by atoms with Gasteiger partial charge in [0.25, 0.3) is 5.91 Å². The first-order valence-electron chi connectivity index (χ1n) is 5.57. The maximum atomic E-state index is 12.0. The zero-order chi connectivity index (χ0) is 13.1. The Balaban J connectivity index is 2.05. The van der Waals surface area contributed by atoms with E-state index in [2.05, 4.69) is 26.2 Å². The van der Waals surface area contributed by atoms with Crippen molar-refractivity contribution in [2.75, 3.05) is 0 Å². The third-order valence-corrected chi connectivity index (χ3v) is 3.22. The average molecular weight is 308 g/mol. The summed E-state index contributed by atoms with van der Waals surface area (Å²) in [7, 11) is 1.84. The van der Waals surface area contributed by atoms with Crippen molar-refractivity contribution < 1.29 is 4.79 Å². The highest BCUT2D eigenvalue weighted by molar-refractivity contribution is 9.10. The second-order valence-electron chi connectivity index (χ2n) is 4.14. The topological polar surface area (TPSA) is 46.9 Å². The van der Waals surface area contributed by atoms with Crippen molar-refractivity contribution in [3.63, 3.8) is 0 Å². The molecule has 94 valence electrons. The molecule has 2 heterocycles. The standard InChI is InChI=1S/C13H14BrN3O/c1-9-3-4-15-6-10(9)7-16-13(18)12-5-11(14)8-17(12)2/h3-6,8H,7H2,1-2H3,(H,16,18). The maximum absolute atomic E-state index is 12.0. The van der Waals surface area contributed by atoms with Gasteiger partial charge < -0.3 is 9.88 Å². The van der Waals surface area contributed by atoms with Gasteiger partial charge in [0.1, 0.15) is 5.69 Å². The largest absolute Gasteiger partial charge is 0.347 e. The zero-order valence-electron chi connectivity index (χ0n) is 10.3. The highest BCUT2D eigenvalue weighted by atomic mass is 79.9. The third-order valence-electron chi connectivity index (χ3n) is 2.79. The summed E-state index contributed by atoms with van der Waals surface area (Å²) in [5.41, 5.74) is 2.78. The van der Waals surface area contributed by atoms with Gasteiger partial charge in [0.2, 0.25) is 0 Å². The molecule has 5 heteroatoms. The van der Waals surface area contributed by atoms with Crippen molar-refractivity contribution in [3.05, 3.63) is 52.0 Å². The van der Waals surface area contributed by atoms with Gasteiger partial charge in [-0.05, 0) is 46.1 Å². The molecule has 0 spiro atoms. The predicted octanol–water partition coefficient (Wildman–Crippen LogP) is 2.42. The molecule has 1 amide bonds. The van der Waals surface area contributed by atoms with Gasteiger partial charge in [-0.1, -0.05) is 0 Å². The van der Waals surface area contributed by atoms with Crippen molar-refractivity contribution in [3.8, 4) is 0 Å². The lowest BCUT2D eigenvalue weighted by molar-refractivity contribution is 0.0942. The Bertz CT molecular complexity index is 577. The van der Waals surface area contributed by atoms with Crippen LogP contribution in [0, 0.1) is 6.92 Å². The molecule has 2 aromatic rings. The molecule has 0 aliphatic heterocycles. The molecule has 1 N–H and O–H groups in total. The van der Waals surface area contributed by atoms with E-state index in [0.29, 0.717) is 12.2 Å². The molecule has 2 rings (SSSR count). The quantitative estimate of drug-likeness (QED) is 0.946. The smallest absolute Gasteiger partial charge is 0.268 e. The van der Waals surface area contributed by atoms with Gasteiger partial charge in [-0.15, -0.1) is 0 Å². The summed E-state index contributed by atoms with van der Waals surface area (Å²) in [6, 6.07) is 3.73. The molecule has 0 aliphatic carbocycles. The Morgan fingerprint density at radius 2 is 2.33 bits per heavy atom. The molecule has 0 unspecified atom stereocenters. The van der Waals surface area contributed by atoms with Crippen molar-refractivity contribution in [2.24, 2.45) is 7.05 Å².